The minimum absolute atomic E-state index is 0. The molecule has 1 aromatic heterocycles. The fraction of sp³-hybridized carbons (Fsp3) is 0.556. The Morgan fingerprint density at radius 3 is 2.71 bits per heavy atom. The summed E-state index contributed by atoms with van der Waals surface area (Å²) in [5, 5.41) is 8.67. The molecule has 0 aromatic carbocycles. The first-order valence-corrected chi connectivity index (χ1v) is 4.54. The molecule has 0 saturated heterocycles. The number of carbonyl (C=O) groups is 1. The Bertz CT molecular complexity index is 324. The molecule has 1 aliphatic carbocycles. The number of aromatic carboxylic acids is 1. The van der Waals surface area contributed by atoms with Gasteiger partial charge in [0.2, 0.25) is 0 Å². The first kappa shape index (κ1) is 11.4. The second-order valence-corrected chi connectivity index (χ2v) is 3.45. The van der Waals surface area contributed by atoms with Gasteiger partial charge in [-0.3, -0.25) is 0 Å². The van der Waals surface area contributed by atoms with Crippen molar-refractivity contribution < 1.29 is 30.2 Å². The van der Waals surface area contributed by atoms with Gasteiger partial charge in [-0.05, 0) is 12.8 Å². The molecular formula is C9H13LiN2O2. The standard InChI is InChI=1S/C9H12N2O2.Li.H/c12-9(13)8-5-11(6-10-8)7-3-1-2-4-7;;/h5-7H,1-4H2,(H,12,13);;/q;+1;-1. The van der Waals surface area contributed by atoms with E-state index in [4.69, 9.17) is 5.11 Å². The smallest absolute Gasteiger partial charge is 1.00 e. The van der Waals surface area contributed by atoms with Crippen molar-refractivity contribution in [2.24, 2.45) is 0 Å². The summed E-state index contributed by atoms with van der Waals surface area (Å²) in [6, 6.07) is 0.473. The van der Waals surface area contributed by atoms with E-state index < -0.39 is 5.97 Å². The van der Waals surface area contributed by atoms with Crippen molar-refractivity contribution in [3.8, 4) is 0 Å². The van der Waals surface area contributed by atoms with Crippen LogP contribution in [0.15, 0.2) is 12.5 Å². The van der Waals surface area contributed by atoms with Crippen LogP contribution < -0.4 is 18.9 Å². The third-order valence-electron chi connectivity index (χ3n) is 2.57. The van der Waals surface area contributed by atoms with Crippen LogP contribution in [0.2, 0.25) is 0 Å². The molecule has 1 N–H and O–H groups in total. The largest absolute Gasteiger partial charge is 1.00 e. The first-order valence-electron chi connectivity index (χ1n) is 4.54. The Morgan fingerprint density at radius 2 is 2.21 bits per heavy atom. The molecule has 1 fully saturated rings. The van der Waals surface area contributed by atoms with Crippen molar-refractivity contribution in [3.63, 3.8) is 0 Å². The quantitative estimate of drug-likeness (QED) is 0.594. The second kappa shape index (κ2) is 4.67. The maximum Gasteiger partial charge on any atom is 1.00 e. The summed E-state index contributed by atoms with van der Waals surface area (Å²) in [6.45, 7) is 0. The molecule has 1 aromatic rings. The van der Waals surface area contributed by atoms with Gasteiger partial charge in [0.1, 0.15) is 0 Å². The molecule has 0 radical (unpaired) electrons. The topological polar surface area (TPSA) is 55.1 Å². The van der Waals surface area contributed by atoms with E-state index in [1.165, 1.54) is 12.8 Å². The monoisotopic (exact) mass is 188 g/mol. The van der Waals surface area contributed by atoms with Crippen LogP contribution in [-0.4, -0.2) is 20.6 Å². The molecule has 1 aliphatic rings. The molecule has 72 valence electrons. The Kier molecular flexibility index (Phi) is 3.79. The second-order valence-electron chi connectivity index (χ2n) is 3.45. The zero-order chi connectivity index (χ0) is 9.26. The van der Waals surface area contributed by atoms with Crippen molar-refractivity contribution in [2.45, 2.75) is 31.7 Å². The summed E-state index contributed by atoms with van der Waals surface area (Å²) in [5.41, 5.74) is 0.145. The summed E-state index contributed by atoms with van der Waals surface area (Å²) in [5.74, 6) is -0.947. The predicted molar refractivity (Wildman–Crippen MR) is 47.8 cm³/mol. The van der Waals surface area contributed by atoms with E-state index in [0.29, 0.717) is 6.04 Å². The minimum atomic E-state index is -0.947. The summed E-state index contributed by atoms with van der Waals surface area (Å²) in [7, 11) is 0. The van der Waals surface area contributed by atoms with Gasteiger partial charge in [0.05, 0.1) is 6.33 Å². The molecule has 0 atom stereocenters. The van der Waals surface area contributed by atoms with Gasteiger partial charge in [-0.25, -0.2) is 9.78 Å². The molecule has 2 rings (SSSR count). The van der Waals surface area contributed by atoms with E-state index in [9.17, 15) is 4.79 Å². The molecule has 4 nitrogen and oxygen atoms in total. The number of aromatic nitrogens is 2. The number of nitrogens with zero attached hydrogens (tertiary/aromatic N) is 2. The van der Waals surface area contributed by atoms with Gasteiger partial charge in [-0.15, -0.1) is 0 Å². The normalized spacial score (nSPS) is 16.6. The van der Waals surface area contributed by atoms with E-state index in [1.54, 1.807) is 12.5 Å². The SMILES string of the molecule is O=C(O)c1cn(C2CCCC2)cn1.[H-].[Li+]. The first-order chi connectivity index (χ1) is 6.27. The van der Waals surface area contributed by atoms with Crippen LogP contribution >= 0.6 is 0 Å². The molecule has 0 unspecified atom stereocenters. The van der Waals surface area contributed by atoms with Gasteiger partial charge in [0.25, 0.3) is 0 Å². The molecule has 1 saturated carbocycles. The van der Waals surface area contributed by atoms with E-state index in [1.807, 2.05) is 4.57 Å². The van der Waals surface area contributed by atoms with Crippen molar-refractivity contribution in [1.29, 1.82) is 0 Å². The molecule has 5 heteroatoms. The van der Waals surface area contributed by atoms with Crippen LogP contribution in [0.1, 0.15) is 43.6 Å². The van der Waals surface area contributed by atoms with Crippen molar-refractivity contribution >= 4 is 5.97 Å². The molecular weight excluding hydrogens is 175 g/mol. The van der Waals surface area contributed by atoms with Crippen LogP contribution in [-0.2, 0) is 0 Å². The predicted octanol–water partition coefficient (Wildman–Crippen LogP) is -1.19. The zero-order valence-electron chi connectivity index (χ0n) is 9.31. The number of rotatable bonds is 2. The van der Waals surface area contributed by atoms with Crippen molar-refractivity contribution in [3.05, 3.63) is 18.2 Å². The number of carboxylic acids is 1. The third-order valence-corrected chi connectivity index (χ3v) is 2.57. The molecule has 0 spiro atoms. The summed E-state index contributed by atoms with van der Waals surface area (Å²) < 4.78 is 1.93. The Balaban J connectivity index is 0.000000980. The van der Waals surface area contributed by atoms with E-state index in [0.717, 1.165) is 12.8 Å². The van der Waals surface area contributed by atoms with E-state index >= 15 is 0 Å². The van der Waals surface area contributed by atoms with Crippen LogP contribution in [0.25, 0.3) is 0 Å². The summed E-state index contributed by atoms with van der Waals surface area (Å²) >= 11 is 0. The minimum Gasteiger partial charge on any atom is -1.00 e. The van der Waals surface area contributed by atoms with Gasteiger partial charge >= 0.3 is 24.8 Å². The zero-order valence-corrected chi connectivity index (χ0v) is 8.31. The van der Waals surface area contributed by atoms with Crippen molar-refractivity contribution in [1.82, 2.24) is 9.55 Å². The summed E-state index contributed by atoms with van der Waals surface area (Å²) in [4.78, 5) is 14.4. The maximum atomic E-state index is 10.6. The van der Waals surface area contributed by atoms with Crippen LogP contribution in [0, 0.1) is 0 Å². The summed E-state index contributed by atoms with van der Waals surface area (Å²) in [6.07, 6.45) is 8.03. The number of hydrogen-bond donors (Lipinski definition) is 1. The van der Waals surface area contributed by atoms with Gasteiger partial charge in [-0.2, -0.15) is 0 Å². The third kappa shape index (κ3) is 2.20. The van der Waals surface area contributed by atoms with Crippen molar-refractivity contribution in [2.75, 3.05) is 0 Å². The number of imidazole rings is 1. The van der Waals surface area contributed by atoms with Crippen LogP contribution in [0.4, 0.5) is 0 Å². The number of carboxylic acid groups (broad SMARTS) is 1. The number of hydrogen-bond acceptors (Lipinski definition) is 2. The van der Waals surface area contributed by atoms with Gasteiger partial charge in [-0.1, -0.05) is 12.8 Å². The Labute approximate surface area is 96.0 Å². The molecule has 0 aliphatic heterocycles. The fourth-order valence-corrected chi connectivity index (χ4v) is 1.85. The van der Waals surface area contributed by atoms with Crippen LogP contribution in [0.5, 0.6) is 0 Å². The molecule has 0 amide bonds. The average molecular weight is 188 g/mol. The molecule has 14 heavy (non-hydrogen) atoms. The Hall–Kier alpha value is -0.723. The van der Waals surface area contributed by atoms with Gasteiger partial charge in [0.15, 0.2) is 5.69 Å². The average Bonchev–Trinajstić information content (AvgIpc) is 2.75. The van der Waals surface area contributed by atoms with Gasteiger partial charge < -0.3 is 11.1 Å². The van der Waals surface area contributed by atoms with Crippen LogP contribution in [0.3, 0.4) is 0 Å². The maximum absolute atomic E-state index is 10.6. The fourth-order valence-electron chi connectivity index (χ4n) is 1.85. The Morgan fingerprint density at radius 1 is 1.57 bits per heavy atom. The molecule has 0 bridgehead atoms. The molecule has 1 heterocycles. The van der Waals surface area contributed by atoms with E-state index in [-0.39, 0.29) is 26.0 Å². The van der Waals surface area contributed by atoms with Gasteiger partial charge in [0, 0.05) is 12.2 Å². The van der Waals surface area contributed by atoms with E-state index in [2.05, 4.69) is 4.98 Å².